The number of carbonyl (C=O) groups is 1. The molecular weight excluding hydrogens is 302 g/mol. The lowest BCUT2D eigenvalue weighted by atomic mass is 10.1. The Bertz CT molecular complexity index is 695. The number of aliphatic hydroxyl groups is 1. The van der Waals surface area contributed by atoms with Gasteiger partial charge in [0.25, 0.3) is 0 Å². The Kier molecular flexibility index (Phi) is 6.58. The summed E-state index contributed by atoms with van der Waals surface area (Å²) >= 11 is 0. The van der Waals surface area contributed by atoms with E-state index in [0.29, 0.717) is 6.42 Å². The molecule has 0 spiro atoms. The number of rotatable bonds is 7. The zero-order chi connectivity index (χ0) is 17.4. The fraction of sp³-hybridized carbons (Fsp3) is 0.250. The van der Waals surface area contributed by atoms with Crippen LogP contribution in [0.4, 0.5) is 0 Å². The van der Waals surface area contributed by atoms with Gasteiger partial charge in [0.2, 0.25) is 5.91 Å². The quantitative estimate of drug-likeness (QED) is 0.770. The average molecular weight is 325 g/mol. The molecule has 2 rings (SSSR count). The Morgan fingerprint density at radius 3 is 2.67 bits per heavy atom. The Balaban J connectivity index is 1.87. The predicted molar refractivity (Wildman–Crippen MR) is 95.8 cm³/mol. The van der Waals surface area contributed by atoms with Gasteiger partial charge in [-0.3, -0.25) is 4.79 Å². The van der Waals surface area contributed by atoms with Crippen LogP contribution in [-0.2, 0) is 11.2 Å². The van der Waals surface area contributed by atoms with Crippen molar-refractivity contribution < 1.29 is 14.6 Å². The topological polar surface area (TPSA) is 58.6 Å². The Morgan fingerprint density at radius 1 is 1.21 bits per heavy atom. The van der Waals surface area contributed by atoms with Crippen LogP contribution in [0.5, 0.6) is 5.75 Å². The molecule has 126 valence electrons. The van der Waals surface area contributed by atoms with Crippen LogP contribution < -0.4 is 10.1 Å². The third-order valence-electron chi connectivity index (χ3n) is 3.70. The van der Waals surface area contributed by atoms with Crippen LogP contribution in [0.15, 0.2) is 60.7 Å². The normalized spacial score (nSPS) is 12.5. The number of aliphatic hydroxyl groups excluding tert-OH is 1. The highest BCUT2D eigenvalue weighted by molar-refractivity contribution is 5.94. The van der Waals surface area contributed by atoms with Crippen molar-refractivity contribution in [3.63, 3.8) is 0 Å². The SMILES string of the molecule is COc1cccc(/C(C)=C/C(=O)NCC(O)Cc2ccccc2)c1. The van der Waals surface area contributed by atoms with Crippen LogP contribution >= 0.6 is 0 Å². The van der Waals surface area contributed by atoms with Crippen molar-refractivity contribution in [3.8, 4) is 5.75 Å². The molecule has 24 heavy (non-hydrogen) atoms. The lowest BCUT2D eigenvalue weighted by Gasteiger charge is -2.11. The summed E-state index contributed by atoms with van der Waals surface area (Å²) in [6.45, 7) is 2.09. The number of carbonyl (C=O) groups excluding carboxylic acids is 1. The van der Waals surface area contributed by atoms with E-state index in [0.717, 1.165) is 22.4 Å². The second kappa shape index (κ2) is 8.89. The number of hydrogen-bond donors (Lipinski definition) is 2. The number of hydrogen-bond acceptors (Lipinski definition) is 3. The summed E-state index contributed by atoms with van der Waals surface area (Å²) in [6.07, 6.45) is 1.44. The molecule has 1 atom stereocenters. The lowest BCUT2D eigenvalue weighted by molar-refractivity contribution is -0.116. The van der Waals surface area contributed by atoms with Crippen molar-refractivity contribution >= 4 is 11.5 Å². The number of allylic oxidation sites excluding steroid dienone is 1. The maximum Gasteiger partial charge on any atom is 0.244 e. The number of amides is 1. The zero-order valence-corrected chi connectivity index (χ0v) is 14.0. The highest BCUT2D eigenvalue weighted by atomic mass is 16.5. The molecule has 0 aromatic heterocycles. The minimum absolute atomic E-state index is 0.218. The van der Waals surface area contributed by atoms with Crippen molar-refractivity contribution in [2.24, 2.45) is 0 Å². The van der Waals surface area contributed by atoms with E-state index in [1.165, 1.54) is 6.08 Å². The number of ether oxygens (including phenoxy) is 1. The lowest BCUT2D eigenvalue weighted by Crippen LogP contribution is -2.32. The first-order chi connectivity index (χ1) is 11.6. The summed E-state index contributed by atoms with van der Waals surface area (Å²) in [7, 11) is 1.61. The van der Waals surface area contributed by atoms with Gasteiger partial charge < -0.3 is 15.2 Å². The predicted octanol–water partition coefficient (Wildman–Crippen LogP) is 2.82. The van der Waals surface area contributed by atoms with E-state index in [2.05, 4.69) is 5.32 Å². The number of methoxy groups -OCH3 is 1. The van der Waals surface area contributed by atoms with Gasteiger partial charge in [-0.1, -0.05) is 42.5 Å². The molecule has 2 aromatic carbocycles. The fourth-order valence-corrected chi connectivity index (χ4v) is 2.38. The molecule has 4 nitrogen and oxygen atoms in total. The van der Waals surface area contributed by atoms with Gasteiger partial charge in [0.15, 0.2) is 0 Å². The summed E-state index contributed by atoms with van der Waals surface area (Å²) < 4.78 is 5.18. The molecule has 0 heterocycles. The van der Waals surface area contributed by atoms with Crippen molar-refractivity contribution in [1.82, 2.24) is 5.32 Å². The molecule has 0 aliphatic heterocycles. The molecule has 0 aliphatic rings. The summed E-state index contributed by atoms with van der Waals surface area (Å²) in [6, 6.07) is 17.3. The first-order valence-electron chi connectivity index (χ1n) is 7.91. The maximum atomic E-state index is 12.0. The molecule has 4 heteroatoms. The van der Waals surface area contributed by atoms with E-state index in [1.54, 1.807) is 7.11 Å². The van der Waals surface area contributed by atoms with E-state index < -0.39 is 6.10 Å². The highest BCUT2D eigenvalue weighted by Gasteiger charge is 2.07. The maximum absolute atomic E-state index is 12.0. The van der Waals surface area contributed by atoms with E-state index in [4.69, 9.17) is 4.74 Å². The average Bonchev–Trinajstić information content (AvgIpc) is 2.61. The standard InChI is InChI=1S/C20H23NO3/c1-15(17-9-6-10-19(13-17)24-2)11-20(23)21-14-18(22)12-16-7-4-3-5-8-16/h3-11,13,18,22H,12,14H2,1-2H3,(H,21,23)/b15-11+. The second-order valence-corrected chi connectivity index (χ2v) is 5.65. The van der Waals surface area contributed by atoms with Crippen molar-refractivity contribution in [1.29, 1.82) is 0 Å². The van der Waals surface area contributed by atoms with Crippen LogP contribution in [0.25, 0.3) is 5.57 Å². The molecule has 1 amide bonds. The van der Waals surface area contributed by atoms with Gasteiger partial charge in [0, 0.05) is 19.0 Å². The Labute approximate surface area is 142 Å². The molecule has 0 bridgehead atoms. The summed E-state index contributed by atoms with van der Waals surface area (Å²) in [5, 5.41) is 12.8. The number of nitrogens with one attached hydrogen (secondary N) is 1. The van der Waals surface area contributed by atoms with Gasteiger partial charge in [-0.05, 0) is 35.8 Å². The first kappa shape index (κ1) is 17.8. The Hall–Kier alpha value is -2.59. The van der Waals surface area contributed by atoms with Crippen molar-refractivity contribution in [2.75, 3.05) is 13.7 Å². The molecule has 0 aliphatic carbocycles. The minimum Gasteiger partial charge on any atom is -0.497 e. The van der Waals surface area contributed by atoms with Crippen molar-refractivity contribution in [2.45, 2.75) is 19.4 Å². The van der Waals surface area contributed by atoms with Crippen LogP contribution in [0.3, 0.4) is 0 Å². The smallest absolute Gasteiger partial charge is 0.244 e. The van der Waals surface area contributed by atoms with Gasteiger partial charge in [-0.15, -0.1) is 0 Å². The molecule has 0 radical (unpaired) electrons. The van der Waals surface area contributed by atoms with Gasteiger partial charge in [-0.2, -0.15) is 0 Å². The summed E-state index contributed by atoms with van der Waals surface area (Å²) in [4.78, 5) is 12.0. The monoisotopic (exact) mass is 325 g/mol. The minimum atomic E-state index is -0.609. The van der Waals surface area contributed by atoms with E-state index in [-0.39, 0.29) is 12.5 Å². The molecule has 0 saturated heterocycles. The first-order valence-corrected chi connectivity index (χ1v) is 7.91. The summed E-state index contributed by atoms with van der Waals surface area (Å²) in [5.74, 6) is 0.529. The molecule has 2 N–H and O–H groups in total. The zero-order valence-electron chi connectivity index (χ0n) is 14.0. The van der Waals surface area contributed by atoms with Crippen LogP contribution in [0, 0.1) is 0 Å². The summed E-state index contributed by atoms with van der Waals surface area (Å²) in [5.41, 5.74) is 2.81. The van der Waals surface area contributed by atoms with E-state index in [9.17, 15) is 9.90 Å². The van der Waals surface area contributed by atoms with Gasteiger partial charge in [0.1, 0.15) is 5.75 Å². The molecule has 2 aromatic rings. The third-order valence-corrected chi connectivity index (χ3v) is 3.70. The van der Waals surface area contributed by atoms with Gasteiger partial charge in [0.05, 0.1) is 13.2 Å². The van der Waals surface area contributed by atoms with Crippen LogP contribution in [0.1, 0.15) is 18.1 Å². The second-order valence-electron chi connectivity index (χ2n) is 5.65. The third kappa shape index (κ3) is 5.56. The highest BCUT2D eigenvalue weighted by Crippen LogP contribution is 2.19. The van der Waals surface area contributed by atoms with Gasteiger partial charge >= 0.3 is 0 Å². The fourth-order valence-electron chi connectivity index (χ4n) is 2.38. The molecule has 0 fully saturated rings. The Morgan fingerprint density at radius 2 is 1.96 bits per heavy atom. The van der Waals surface area contributed by atoms with E-state index >= 15 is 0 Å². The molecular formula is C20H23NO3. The van der Waals surface area contributed by atoms with Gasteiger partial charge in [-0.25, -0.2) is 0 Å². The number of benzene rings is 2. The molecule has 0 saturated carbocycles. The van der Waals surface area contributed by atoms with Crippen LogP contribution in [-0.4, -0.2) is 30.8 Å². The largest absolute Gasteiger partial charge is 0.497 e. The molecule has 1 unspecified atom stereocenters. The van der Waals surface area contributed by atoms with Crippen LogP contribution in [0.2, 0.25) is 0 Å². The van der Waals surface area contributed by atoms with Crippen molar-refractivity contribution in [3.05, 3.63) is 71.8 Å². The van der Waals surface area contributed by atoms with E-state index in [1.807, 2.05) is 61.5 Å².